The molecule has 0 bridgehead atoms. The van der Waals surface area contributed by atoms with Gasteiger partial charge in [0.05, 0.1) is 12.4 Å². The molecule has 1 N–H and O–H groups in total. The fraction of sp³-hybridized carbons (Fsp3) is 0.105. The predicted octanol–water partition coefficient (Wildman–Crippen LogP) is 4.73. The van der Waals surface area contributed by atoms with E-state index in [-0.39, 0.29) is 11.6 Å². The molecule has 0 saturated heterocycles. The SMILES string of the molecule is O=C(Nc1cc(Cl)cc(Cl)c1)c1cnc(N2CCc3ccccc32)cn1. The van der Waals surface area contributed by atoms with Crippen LogP contribution in [0.1, 0.15) is 16.1 Å². The Labute approximate surface area is 160 Å². The van der Waals surface area contributed by atoms with E-state index in [4.69, 9.17) is 23.2 Å². The average molecular weight is 385 g/mol. The van der Waals surface area contributed by atoms with E-state index >= 15 is 0 Å². The molecule has 0 saturated carbocycles. The van der Waals surface area contributed by atoms with Gasteiger partial charge in [0.15, 0.2) is 5.82 Å². The van der Waals surface area contributed by atoms with Crippen LogP contribution in [0.3, 0.4) is 0 Å². The molecule has 130 valence electrons. The molecule has 3 aromatic rings. The maximum Gasteiger partial charge on any atom is 0.275 e. The number of aromatic nitrogens is 2. The van der Waals surface area contributed by atoms with Crippen LogP contribution in [0.2, 0.25) is 10.0 Å². The molecular formula is C19H14Cl2N4O. The predicted molar refractivity (Wildman–Crippen MR) is 104 cm³/mol. The lowest BCUT2D eigenvalue weighted by atomic mass is 10.2. The molecule has 2 heterocycles. The summed E-state index contributed by atoms with van der Waals surface area (Å²) in [4.78, 5) is 23.1. The van der Waals surface area contributed by atoms with Gasteiger partial charge in [0, 0.05) is 28.0 Å². The molecule has 2 aromatic carbocycles. The summed E-state index contributed by atoms with van der Waals surface area (Å²) in [6.07, 6.45) is 4.05. The van der Waals surface area contributed by atoms with Gasteiger partial charge >= 0.3 is 0 Å². The Bertz CT molecular complexity index is 955. The van der Waals surface area contributed by atoms with Crippen molar-refractivity contribution >= 4 is 46.3 Å². The van der Waals surface area contributed by atoms with E-state index in [2.05, 4.69) is 32.3 Å². The quantitative estimate of drug-likeness (QED) is 0.708. The van der Waals surface area contributed by atoms with Crippen molar-refractivity contribution in [1.29, 1.82) is 0 Å². The molecule has 0 aliphatic carbocycles. The number of rotatable bonds is 3. The van der Waals surface area contributed by atoms with Gasteiger partial charge in [-0.05, 0) is 36.2 Å². The van der Waals surface area contributed by atoms with Gasteiger partial charge in [0.25, 0.3) is 5.91 Å². The van der Waals surface area contributed by atoms with Gasteiger partial charge in [0.2, 0.25) is 0 Å². The molecule has 1 amide bonds. The normalized spacial score (nSPS) is 12.8. The van der Waals surface area contributed by atoms with Gasteiger partial charge in [-0.1, -0.05) is 41.4 Å². The highest BCUT2D eigenvalue weighted by molar-refractivity contribution is 6.35. The number of anilines is 3. The van der Waals surface area contributed by atoms with Gasteiger partial charge in [-0.2, -0.15) is 0 Å². The van der Waals surface area contributed by atoms with Crippen molar-refractivity contribution in [3.8, 4) is 0 Å². The fourth-order valence-electron chi connectivity index (χ4n) is 2.98. The Morgan fingerprint density at radius 3 is 2.54 bits per heavy atom. The van der Waals surface area contributed by atoms with Crippen molar-refractivity contribution in [3.63, 3.8) is 0 Å². The highest BCUT2D eigenvalue weighted by atomic mass is 35.5. The van der Waals surface area contributed by atoms with Crippen LogP contribution in [-0.2, 0) is 6.42 Å². The standard InChI is InChI=1S/C19H14Cl2N4O/c20-13-7-14(21)9-15(8-13)24-19(26)16-10-23-18(11-22-16)25-6-5-12-3-1-2-4-17(12)25/h1-4,7-11H,5-6H2,(H,24,26). The molecule has 0 atom stereocenters. The number of amides is 1. The summed E-state index contributed by atoms with van der Waals surface area (Å²) in [6, 6.07) is 13.0. The van der Waals surface area contributed by atoms with Crippen molar-refractivity contribution in [1.82, 2.24) is 9.97 Å². The largest absolute Gasteiger partial charge is 0.325 e. The Hall–Kier alpha value is -2.63. The van der Waals surface area contributed by atoms with E-state index in [0.29, 0.717) is 15.7 Å². The average Bonchev–Trinajstić information content (AvgIpc) is 3.05. The number of nitrogens with one attached hydrogen (secondary N) is 1. The second-order valence-corrected chi connectivity index (χ2v) is 6.78. The molecule has 0 fully saturated rings. The number of halogens is 2. The van der Waals surface area contributed by atoms with Crippen molar-refractivity contribution in [2.24, 2.45) is 0 Å². The number of fused-ring (bicyclic) bond motifs is 1. The number of hydrogen-bond acceptors (Lipinski definition) is 4. The zero-order valence-corrected chi connectivity index (χ0v) is 15.1. The minimum Gasteiger partial charge on any atom is -0.325 e. The van der Waals surface area contributed by atoms with E-state index in [1.54, 1.807) is 24.4 Å². The van der Waals surface area contributed by atoms with Crippen LogP contribution in [0.25, 0.3) is 0 Å². The Morgan fingerprint density at radius 2 is 1.81 bits per heavy atom. The first-order chi connectivity index (χ1) is 12.6. The molecule has 7 heteroatoms. The molecule has 4 rings (SSSR count). The molecule has 1 aliphatic heterocycles. The molecule has 0 unspecified atom stereocenters. The third-order valence-electron chi connectivity index (χ3n) is 4.15. The summed E-state index contributed by atoms with van der Waals surface area (Å²) < 4.78 is 0. The first-order valence-corrected chi connectivity index (χ1v) is 8.81. The van der Waals surface area contributed by atoms with Crippen LogP contribution in [0.4, 0.5) is 17.2 Å². The van der Waals surface area contributed by atoms with E-state index in [1.807, 2.05) is 12.1 Å². The van der Waals surface area contributed by atoms with E-state index in [9.17, 15) is 4.79 Å². The van der Waals surface area contributed by atoms with Crippen LogP contribution < -0.4 is 10.2 Å². The van der Waals surface area contributed by atoms with Crippen molar-refractivity contribution < 1.29 is 4.79 Å². The van der Waals surface area contributed by atoms with Crippen LogP contribution in [0, 0.1) is 0 Å². The monoisotopic (exact) mass is 384 g/mol. The summed E-state index contributed by atoms with van der Waals surface area (Å²) in [5.41, 5.74) is 3.14. The first-order valence-electron chi connectivity index (χ1n) is 8.05. The molecule has 5 nitrogen and oxygen atoms in total. The molecule has 26 heavy (non-hydrogen) atoms. The zero-order chi connectivity index (χ0) is 18.1. The Morgan fingerprint density at radius 1 is 1.04 bits per heavy atom. The Kier molecular flexibility index (Phi) is 4.49. The topological polar surface area (TPSA) is 58.1 Å². The maximum atomic E-state index is 12.4. The lowest BCUT2D eigenvalue weighted by molar-refractivity contribution is 0.102. The lowest BCUT2D eigenvalue weighted by Crippen LogP contribution is -2.18. The van der Waals surface area contributed by atoms with Crippen molar-refractivity contribution in [3.05, 3.63) is 76.2 Å². The second kappa shape index (κ2) is 6.94. The van der Waals surface area contributed by atoms with E-state index < -0.39 is 0 Å². The molecular weight excluding hydrogens is 371 g/mol. The highest BCUT2D eigenvalue weighted by Crippen LogP contribution is 2.32. The second-order valence-electron chi connectivity index (χ2n) is 5.90. The summed E-state index contributed by atoms with van der Waals surface area (Å²) >= 11 is 11.9. The van der Waals surface area contributed by atoms with Crippen molar-refractivity contribution in [2.75, 3.05) is 16.8 Å². The van der Waals surface area contributed by atoms with Gasteiger partial charge in [-0.15, -0.1) is 0 Å². The summed E-state index contributed by atoms with van der Waals surface area (Å²) in [7, 11) is 0. The van der Waals surface area contributed by atoms with Crippen LogP contribution in [-0.4, -0.2) is 22.4 Å². The van der Waals surface area contributed by atoms with Crippen LogP contribution in [0.5, 0.6) is 0 Å². The molecule has 1 aliphatic rings. The number of carbonyl (C=O) groups is 1. The number of benzene rings is 2. The number of para-hydroxylation sites is 1. The first kappa shape index (κ1) is 16.8. The van der Waals surface area contributed by atoms with Gasteiger partial charge in [-0.3, -0.25) is 4.79 Å². The molecule has 0 radical (unpaired) electrons. The van der Waals surface area contributed by atoms with E-state index in [1.165, 1.54) is 11.8 Å². The minimum atomic E-state index is -0.371. The van der Waals surface area contributed by atoms with Crippen LogP contribution in [0.15, 0.2) is 54.9 Å². The molecule has 1 aromatic heterocycles. The zero-order valence-electron chi connectivity index (χ0n) is 13.6. The highest BCUT2D eigenvalue weighted by Gasteiger charge is 2.21. The van der Waals surface area contributed by atoms with Gasteiger partial charge in [-0.25, -0.2) is 9.97 Å². The van der Waals surface area contributed by atoms with Crippen molar-refractivity contribution in [2.45, 2.75) is 6.42 Å². The molecule has 0 spiro atoms. The number of hydrogen-bond donors (Lipinski definition) is 1. The maximum absolute atomic E-state index is 12.4. The third-order valence-corrected chi connectivity index (χ3v) is 4.59. The van der Waals surface area contributed by atoms with Gasteiger partial charge < -0.3 is 10.2 Å². The third kappa shape index (κ3) is 3.36. The fourth-order valence-corrected chi connectivity index (χ4v) is 3.50. The number of nitrogens with zero attached hydrogens (tertiary/aromatic N) is 3. The van der Waals surface area contributed by atoms with E-state index in [0.717, 1.165) is 24.5 Å². The number of carbonyl (C=O) groups excluding carboxylic acids is 1. The Balaban J connectivity index is 1.52. The lowest BCUT2D eigenvalue weighted by Gasteiger charge is -2.17. The van der Waals surface area contributed by atoms with Crippen LogP contribution >= 0.6 is 23.2 Å². The minimum absolute atomic E-state index is 0.220. The van der Waals surface area contributed by atoms with Gasteiger partial charge in [0.1, 0.15) is 5.69 Å². The summed E-state index contributed by atoms with van der Waals surface area (Å²) in [5.74, 6) is 0.349. The summed E-state index contributed by atoms with van der Waals surface area (Å²) in [5, 5.41) is 3.61. The summed E-state index contributed by atoms with van der Waals surface area (Å²) in [6.45, 7) is 0.848. The smallest absolute Gasteiger partial charge is 0.275 e.